The maximum absolute atomic E-state index is 12.8. The van der Waals surface area contributed by atoms with E-state index < -0.39 is 10.0 Å². The highest BCUT2D eigenvalue weighted by Gasteiger charge is 2.30. The van der Waals surface area contributed by atoms with Crippen LogP contribution in [0.3, 0.4) is 0 Å². The summed E-state index contributed by atoms with van der Waals surface area (Å²) in [5.41, 5.74) is 0.726. The molecule has 0 unspecified atom stereocenters. The van der Waals surface area contributed by atoms with Crippen LogP contribution in [0.2, 0.25) is 0 Å². The number of sulfonamides is 1. The van der Waals surface area contributed by atoms with Gasteiger partial charge in [0.1, 0.15) is 4.88 Å². The van der Waals surface area contributed by atoms with Crippen LogP contribution < -0.4 is 0 Å². The van der Waals surface area contributed by atoms with Gasteiger partial charge >= 0.3 is 0 Å². The molecule has 9 nitrogen and oxygen atoms in total. The minimum atomic E-state index is -3.61. The number of nitrogens with zero attached hydrogens (tertiary/aromatic N) is 5. The molecule has 1 aliphatic heterocycles. The fourth-order valence-corrected chi connectivity index (χ4v) is 4.82. The highest BCUT2D eigenvalue weighted by Crippen LogP contribution is 2.19. The van der Waals surface area contributed by atoms with E-state index in [1.54, 1.807) is 4.90 Å². The molecule has 3 heterocycles. The molecule has 2 aromatic rings. The van der Waals surface area contributed by atoms with E-state index in [0.717, 1.165) is 23.6 Å². The number of aromatic nitrogens is 4. The Morgan fingerprint density at radius 3 is 2.88 bits per heavy atom. The zero-order valence-corrected chi connectivity index (χ0v) is 15.5. The normalized spacial score (nSPS) is 16.8. The SMILES string of the molecule is CCCc1nnsc1C(=O)N1CCCN(S(=O)(=O)c2cnc[nH]2)CC1. The first kappa shape index (κ1) is 18.0. The number of imidazole rings is 1. The molecule has 1 amide bonds. The summed E-state index contributed by atoms with van der Waals surface area (Å²) < 4.78 is 30.4. The van der Waals surface area contributed by atoms with Gasteiger partial charge in [0.15, 0.2) is 5.03 Å². The van der Waals surface area contributed by atoms with E-state index in [1.807, 2.05) is 6.92 Å². The molecule has 1 fully saturated rings. The first-order valence-corrected chi connectivity index (χ1v) is 10.3. The van der Waals surface area contributed by atoms with E-state index in [1.165, 1.54) is 16.8 Å². The number of H-pyrrole nitrogens is 1. The monoisotopic (exact) mass is 384 g/mol. The van der Waals surface area contributed by atoms with Crippen LogP contribution >= 0.6 is 11.5 Å². The molecule has 2 aromatic heterocycles. The van der Waals surface area contributed by atoms with Crippen molar-refractivity contribution in [1.29, 1.82) is 0 Å². The lowest BCUT2D eigenvalue weighted by Crippen LogP contribution is -2.37. The molecule has 0 saturated carbocycles. The van der Waals surface area contributed by atoms with E-state index >= 15 is 0 Å². The second kappa shape index (κ2) is 7.58. The van der Waals surface area contributed by atoms with E-state index in [-0.39, 0.29) is 17.5 Å². The quantitative estimate of drug-likeness (QED) is 0.814. The minimum Gasteiger partial charge on any atom is -0.336 e. The number of aromatic amines is 1. The van der Waals surface area contributed by atoms with Crippen LogP contribution in [0.1, 0.15) is 35.1 Å². The summed E-state index contributed by atoms with van der Waals surface area (Å²) in [6, 6.07) is 0. The number of rotatable bonds is 5. The van der Waals surface area contributed by atoms with Gasteiger partial charge in [0.05, 0.1) is 18.2 Å². The van der Waals surface area contributed by atoms with Crippen molar-refractivity contribution >= 4 is 27.5 Å². The third-order valence-electron chi connectivity index (χ3n) is 4.07. The van der Waals surface area contributed by atoms with Gasteiger partial charge in [-0.15, -0.1) is 5.10 Å². The summed E-state index contributed by atoms with van der Waals surface area (Å²) >= 11 is 1.10. The molecule has 0 aromatic carbocycles. The van der Waals surface area contributed by atoms with Crippen molar-refractivity contribution in [2.24, 2.45) is 0 Å². The number of hydrogen-bond donors (Lipinski definition) is 1. The Hall–Kier alpha value is -1.85. The standard InChI is InChI=1S/C14H20N6O3S2/c1-2-4-11-13(24-18-17-11)14(21)19-5-3-6-20(8-7-19)25(22,23)12-9-15-10-16-12/h9-10H,2-8H2,1H3,(H,15,16). The maximum Gasteiger partial charge on any atom is 0.267 e. The molecule has 3 rings (SSSR count). The minimum absolute atomic E-state index is 0.0733. The summed E-state index contributed by atoms with van der Waals surface area (Å²) in [6.45, 7) is 3.50. The first-order valence-electron chi connectivity index (χ1n) is 8.13. The number of carbonyl (C=O) groups excluding carboxylic acids is 1. The topological polar surface area (TPSA) is 112 Å². The molecule has 1 aliphatic rings. The smallest absolute Gasteiger partial charge is 0.267 e. The first-order chi connectivity index (χ1) is 12.0. The predicted molar refractivity (Wildman–Crippen MR) is 91.8 cm³/mol. The molecule has 1 N–H and O–H groups in total. The number of amides is 1. The van der Waals surface area contributed by atoms with Gasteiger partial charge in [0.2, 0.25) is 0 Å². The molecule has 0 atom stereocenters. The van der Waals surface area contributed by atoms with Gasteiger partial charge in [-0.1, -0.05) is 17.8 Å². The van der Waals surface area contributed by atoms with Gasteiger partial charge in [-0.25, -0.2) is 13.4 Å². The molecule has 11 heteroatoms. The van der Waals surface area contributed by atoms with Gasteiger partial charge in [-0.3, -0.25) is 4.79 Å². The average Bonchev–Trinajstić information content (AvgIpc) is 3.22. The van der Waals surface area contributed by atoms with Crippen molar-refractivity contribution in [3.63, 3.8) is 0 Å². The fraction of sp³-hybridized carbons (Fsp3) is 0.571. The largest absolute Gasteiger partial charge is 0.336 e. The Labute approximate surface area is 150 Å². The molecule has 25 heavy (non-hydrogen) atoms. The Morgan fingerprint density at radius 1 is 1.32 bits per heavy atom. The number of hydrogen-bond acceptors (Lipinski definition) is 7. The molecule has 0 aliphatic carbocycles. The van der Waals surface area contributed by atoms with Crippen LogP contribution in [-0.2, 0) is 16.4 Å². The van der Waals surface area contributed by atoms with Crippen molar-refractivity contribution in [3.8, 4) is 0 Å². The summed E-state index contributed by atoms with van der Waals surface area (Å²) in [5.74, 6) is -0.112. The Morgan fingerprint density at radius 2 is 2.16 bits per heavy atom. The summed E-state index contributed by atoms with van der Waals surface area (Å²) in [6.07, 6.45) is 4.82. The molecule has 0 spiro atoms. The van der Waals surface area contributed by atoms with Crippen LogP contribution in [0.25, 0.3) is 0 Å². The van der Waals surface area contributed by atoms with Crippen LogP contribution in [0.4, 0.5) is 0 Å². The molecular weight excluding hydrogens is 364 g/mol. The summed E-state index contributed by atoms with van der Waals surface area (Å²) in [7, 11) is -3.61. The lowest BCUT2D eigenvalue weighted by molar-refractivity contribution is 0.0767. The van der Waals surface area contributed by atoms with Crippen molar-refractivity contribution < 1.29 is 13.2 Å². The van der Waals surface area contributed by atoms with Crippen molar-refractivity contribution in [2.75, 3.05) is 26.2 Å². The van der Waals surface area contributed by atoms with Gasteiger partial charge in [-0.2, -0.15) is 4.31 Å². The number of nitrogens with one attached hydrogen (secondary N) is 1. The number of carbonyl (C=O) groups is 1. The zero-order valence-electron chi connectivity index (χ0n) is 13.9. The molecule has 136 valence electrons. The maximum atomic E-state index is 12.8. The fourth-order valence-electron chi connectivity index (χ4n) is 2.78. The van der Waals surface area contributed by atoms with Crippen molar-refractivity contribution in [3.05, 3.63) is 23.1 Å². The van der Waals surface area contributed by atoms with Gasteiger partial charge < -0.3 is 9.88 Å². The Kier molecular flexibility index (Phi) is 5.45. The molecule has 0 bridgehead atoms. The average molecular weight is 384 g/mol. The molecular formula is C14H20N6O3S2. The second-order valence-electron chi connectivity index (χ2n) is 5.76. The van der Waals surface area contributed by atoms with E-state index in [9.17, 15) is 13.2 Å². The van der Waals surface area contributed by atoms with E-state index in [0.29, 0.717) is 37.4 Å². The highest BCUT2D eigenvalue weighted by atomic mass is 32.2. The van der Waals surface area contributed by atoms with E-state index in [2.05, 4.69) is 19.6 Å². The van der Waals surface area contributed by atoms with Crippen LogP contribution in [0.15, 0.2) is 17.6 Å². The van der Waals surface area contributed by atoms with Crippen LogP contribution in [0.5, 0.6) is 0 Å². The van der Waals surface area contributed by atoms with Crippen LogP contribution in [-0.4, -0.2) is 69.3 Å². The Balaban J connectivity index is 1.71. The molecule has 0 radical (unpaired) electrons. The highest BCUT2D eigenvalue weighted by molar-refractivity contribution is 7.89. The second-order valence-corrected chi connectivity index (χ2v) is 8.42. The van der Waals surface area contributed by atoms with Gasteiger partial charge in [0, 0.05) is 26.2 Å². The van der Waals surface area contributed by atoms with Crippen molar-refractivity contribution in [1.82, 2.24) is 28.8 Å². The number of aryl methyl sites for hydroxylation is 1. The summed E-state index contributed by atoms with van der Waals surface area (Å²) in [5, 5.41) is 4.11. The van der Waals surface area contributed by atoms with E-state index in [4.69, 9.17) is 0 Å². The Bertz CT molecular complexity index is 818. The zero-order chi connectivity index (χ0) is 17.9. The van der Waals surface area contributed by atoms with Crippen LogP contribution in [0, 0.1) is 0 Å². The lowest BCUT2D eigenvalue weighted by Gasteiger charge is -2.21. The van der Waals surface area contributed by atoms with Gasteiger partial charge in [-0.05, 0) is 24.4 Å². The summed E-state index contributed by atoms with van der Waals surface area (Å²) in [4.78, 5) is 21.4. The van der Waals surface area contributed by atoms with Gasteiger partial charge in [0.25, 0.3) is 15.9 Å². The lowest BCUT2D eigenvalue weighted by atomic mass is 10.2. The molecule has 1 saturated heterocycles. The third-order valence-corrected chi connectivity index (χ3v) is 6.65. The van der Waals surface area contributed by atoms with Crippen molar-refractivity contribution in [2.45, 2.75) is 31.2 Å². The predicted octanol–water partition coefficient (Wildman–Crippen LogP) is 0.750. The third kappa shape index (κ3) is 3.72.